The highest BCUT2D eigenvalue weighted by Crippen LogP contribution is 2.27. The van der Waals surface area contributed by atoms with Gasteiger partial charge in [-0.1, -0.05) is 29.3 Å². The number of H-pyrrole nitrogens is 2. The van der Waals surface area contributed by atoms with Crippen molar-refractivity contribution in [2.45, 2.75) is 0 Å². The van der Waals surface area contributed by atoms with Gasteiger partial charge in [-0.15, -0.1) is 0 Å². The minimum Gasteiger partial charge on any atom is -0.268 e. The molecule has 0 atom stereocenters. The van der Waals surface area contributed by atoms with Crippen LogP contribution in [0.4, 0.5) is 0 Å². The van der Waals surface area contributed by atoms with E-state index >= 15 is 0 Å². The highest BCUT2D eigenvalue weighted by Gasteiger charge is 2.08. The number of nitrogens with one attached hydrogen (secondary N) is 2. The van der Waals surface area contributed by atoms with Gasteiger partial charge in [-0.3, -0.25) is 19.8 Å². The summed E-state index contributed by atoms with van der Waals surface area (Å²) in [5.74, 6) is 0. The molecule has 2 N–H and O–H groups in total. The molecule has 0 aliphatic heterocycles. The fourth-order valence-electron chi connectivity index (χ4n) is 1.33. The fraction of sp³-hybridized carbons (Fsp3) is 0. The van der Waals surface area contributed by atoms with E-state index in [1.807, 2.05) is 0 Å². The molecular weight excluding hydrogens is 251 g/mol. The summed E-state index contributed by atoms with van der Waals surface area (Å²) < 4.78 is 0. The average Bonchev–Trinajstić information content (AvgIpc) is 2.22. The standard InChI is InChI=1S/C10H6Cl2N2O2/c11-5-1-2-6(8(12)3-5)7-4-9(15)13-14-10(7)16/h1-4H,(H,13,15)(H,14,16). The molecule has 2 aromatic rings. The summed E-state index contributed by atoms with van der Waals surface area (Å²) in [7, 11) is 0. The van der Waals surface area contributed by atoms with E-state index in [1.54, 1.807) is 12.1 Å². The number of rotatable bonds is 1. The van der Waals surface area contributed by atoms with Crippen LogP contribution in [-0.4, -0.2) is 10.2 Å². The summed E-state index contributed by atoms with van der Waals surface area (Å²) in [6.45, 7) is 0. The smallest absolute Gasteiger partial charge is 0.268 e. The molecule has 0 amide bonds. The van der Waals surface area contributed by atoms with Crippen LogP contribution in [0.3, 0.4) is 0 Å². The highest BCUT2D eigenvalue weighted by molar-refractivity contribution is 6.36. The van der Waals surface area contributed by atoms with Crippen LogP contribution in [0.1, 0.15) is 0 Å². The lowest BCUT2D eigenvalue weighted by atomic mass is 10.1. The van der Waals surface area contributed by atoms with E-state index in [4.69, 9.17) is 23.2 Å². The quantitative estimate of drug-likeness (QED) is 0.820. The summed E-state index contributed by atoms with van der Waals surface area (Å²) >= 11 is 11.7. The van der Waals surface area contributed by atoms with Crippen molar-refractivity contribution in [3.8, 4) is 11.1 Å². The molecule has 0 saturated heterocycles. The van der Waals surface area contributed by atoms with Crippen molar-refractivity contribution < 1.29 is 0 Å². The molecule has 1 heterocycles. The third-order valence-electron chi connectivity index (χ3n) is 2.04. The number of halogens is 2. The number of benzene rings is 1. The van der Waals surface area contributed by atoms with E-state index in [9.17, 15) is 9.59 Å². The van der Waals surface area contributed by atoms with Gasteiger partial charge in [-0.05, 0) is 12.1 Å². The normalized spacial score (nSPS) is 10.4. The predicted octanol–water partition coefficient (Wildman–Crippen LogP) is 2.04. The second kappa shape index (κ2) is 4.15. The molecule has 1 aromatic carbocycles. The van der Waals surface area contributed by atoms with E-state index in [-0.39, 0.29) is 5.56 Å². The van der Waals surface area contributed by atoms with Gasteiger partial charge in [0.15, 0.2) is 0 Å². The molecule has 0 saturated carbocycles. The number of hydrogen-bond donors (Lipinski definition) is 2. The Morgan fingerprint density at radius 2 is 1.69 bits per heavy atom. The van der Waals surface area contributed by atoms with Gasteiger partial charge in [0.2, 0.25) is 0 Å². The van der Waals surface area contributed by atoms with Crippen LogP contribution in [-0.2, 0) is 0 Å². The van der Waals surface area contributed by atoms with Crippen LogP contribution in [0.5, 0.6) is 0 Å². The molecule has 0 bridgehead atoms. The summed E-state index contributed by atoms with van der Waals surface area (Å²) in [6, 6.07) is 5.89. The van der Waals surface area contributed by atoms with Gasteiger partial charge in [0.05, 0.1) is 10.6 Å². The van der Waals surface area contributed by atoms with Crippen LogP contribution in [0, 0.1) is 0 Å². The molecule has 82 valence electrons. The largest absolute Gasteiger partial charge is 0.270 e. The Kier molecular flexibility index (Phi) is 2.85. The van der Waals surface area contributed by atoms with Crippen LogP contribution in [0.2, 0.25) is 10.0 Å². The van der Waals surface area contributed by atoms with E-state index in [2.05, 4.69) is 10.2 Å². The Bertz CT molecular complexity index is 646. The van der Waals surface area contributed by atoms with Crippen molar-refractivity contribution in [2.24, 2.45) is 0 Å². The topological polar surface area (TPSA) is 65.7 Å². The Balaban J connectivity index is 2.72. The molecule has 0 spiro atoms. The van der Waals surface area contributed by atoms with Crippen LogP contribution in [0.15, 0.2) is 33.9 Å². The zero-order valence-corrected chi connectivity index (χ0v) is 9.39. The zero-order chi connectivity index (χ0) is 11.7. The average molecular weight is 257 g/mol. The molecule has 16 heavy (non-hydrogen) atoms. The van der Waals surface area contributed by atoms with Crippen LogP contribution >= 0.6 is 23.2 Å². The summed E-state index contributed by atoms with van der Waals surface area (Å²) in [4.78, 5) is 22.6. The summed E-state index contributed by atoms with van der Waals surface area (Å²) in [6.07, 6.45) is 0. The summed E-state index contributed by atoms with van der Waals surface area (Å²) in [5, 5.41) is 5.19. The van der Waals surface area contributed by atoms with Gasteiger partial charge in [-0.2, -0.15) is 0 Å². The molecule has 0 fully saturated rings. The first-order chi connectivity index (χ1) is 7.58. The van der Waals surface area contributed by atoms with E-state index in [1.165, 1.54) is 12.1 Å². The maximum atomic E-state index is 11.5. The van der Waals surface area contributed by atoms with Crippen molar-refractivity contribution in [1.29, 1.82) is 0 Å². The number of aromatic nitrogens is 2. The minimum atomic E-state index is -0.413. The van der Waals surface area contributed by atoms with E-state index in [0.717, 1.165) is 0 Å². The van der Waals surface area contributed by atoms with E-state index < -0.39 is 11.1 Å². The summed E-state index contributed by atoms with van der Waals surface area (Å²) in [5.41, 5.74) is -0.131. The maximum Gasteiger partial charge on any atom is 0.270 e. The first kappa shape index (κ1) is 11.0. The Morgan fingerprint density at radius 1 is 0.938 bits per heavy atom. The SMILES string of the molecule is O=c1cc(-c2ccc(Cl)cc2Cl)c(=O)[nH][nH]1. The number of aromatic amines is 2. The van der Waals surface area contributed by atoms with Crippen molar-refractivity contribution >= 4 is 23.2 Å². The monoisotopic (exact) mass is 256 g/mol. The van der Waals surface area contributed by atoms with Gasteiger partial charge in [-0.25, -0.2) is 0 Å². The molecule has 0 radical (unpaired) electrons. The molecule has 2 rings (SSSR count). The lowest BCUT2D eigenvalue weighted by molar-refractivity contribution is 0.955. The van der Waals surface area contributed by atoms with Gasteiger partial charge >= 0.3 is 0 Å². The molecular formula is C10H6Cl2N2O2. The first-order valence-electron chi connectivity index (χ1n) is 4.35. The van der Waals surface area contributed by atoms with Gasteiger partial charge in [0.1, 0.15) is 0 Å². The molecule has 0 aliphatic carbocycles. The van der Waals surface area contributed by atoms with Crippen molar-refractivity contribution in [2.75, 3.05) is 0 Å². The van der Waals surface area contributed by atoms with Crippen molar-refractivity contribution in [1.82, 2.24) is 10.2 Å². The Labute approximate surface area is 99.8 Å². The van der Waals surface area contributed by atoms with Crippen LogP contribution < -0.4 is 11.1 Å². The van der Waals surface area contributed by atoms with Crippen molar-refractivity contribution in [3.05, 3.63) is 55.0 Å². The lowest BCUT2D eigenvalue weighted by Gasteiger charge is -2.02. The number of hydrogen-bond acceptors (Lipinski definition) is 2. The predicted molar refractivity (Wildman–Crippen MR) is 63.1 cm³/mol. The molecule has 4 nitrogen and oxygen atoms in total. The third-order valence-corrected chi connectivity index (χ3v) is 2.59. The minimum absolute atomic E-state index is 0.213. The lowest BCUT2D eigenvalue weighted by Crippen LogP contribution is -2.19. The first-order valence-corrected chi connectivity index (χ1v) is 5.11. The van der Waals surface area contributed by atoms with Gasteiger partial charge in [0.25, 0.3) is 11.1 Å². The Hall–Kier alpha value is -1.52. The Morgan fingerprint density at radius 3 is 2.38 bits per heavy atom. The zero-order valence-electron chi connectivity index (χ0n) is 7.88. The molecule has 0 aliphatic rings. The second-order valence-corrected chi connectivity index (χ2v) is 3.97. The molecule has 1 aromatic heterocycles. The molecule has 6 heteroatoms. The van der Waals surface area contributed by atoms with E-state index in [0.29, 0.717) is 15.6 Å². The third kappa shape index (κ3) is 2.03. The maximum absolute atomic E-state index is 11.5. The highest BCUT2D eigenvalue weighted by atomic mass is 35.5. The second-order valence-electron chi connectivity index (χ2n) is 3.13. The molecule has 0 unspecified atom stereocenters. The van der Waals surface area contributed by atoms with Gasteiger partial charge < -0.3 is 0 Å². The van der Waals surface area contributed by atoms with Crippen LogP contribution in [0.25, 0.3) is 11.1 Å². The van der Waals surface area contributed by atoms with Gasteiger partial charge in [0, 0.05) is 16.7 Å². The van der Waals surface area contributed by atoms with Crippen molar-refractivity contribution in [3.63, 3.8) is 0 Å². The fourth-order valence-corrected chi connectivity index (χ4v) is 1.84.